The summed E-state index contributed by atoms with van der Waals surface area (Å²) in [5, 5.41) is 2.98. The van der Waals surface area contributed by atoms with Crippen molar-refractivity contribution in [2.45, 2.75) is 39.3 Å². The summed E-state index contributed by atoms with van der Waals surface area (Å²) < 4.78 is 5.21. The van der Waals surface area contributed by atoms with E-state index in [-0.39, 0.29) is 18.1 Å². The van der Waals surface area contributed by atoms with Gasteiger partial charge in [0.1, 0.15) is 0 Å². The molecule has 1 saturated heterocycles. The van der Waals surface area contributed by atoms with Crippen molar-refractivity contribution < 1.29 is 9.53 Å². The number of hydrogen-bond donors (Lipinski definition) is 1. The van der Waals surface area contributed by atoms with Crippen LogP contribution in [0, 0.1) is 5.92 Å². The van der Waals surface area contributed by atoms with Crippen LogP contribution in [0.5, 0.6) is 0 Å². The maximum absolute atomic E-state index is 11.8. The molecule has 4 heteroatoms. The number of nitrogens with zero attached hydrogens (tertiary/aromatic N) is 1. The van der Waals surface area contributed by atoms with Crippen molar-refractivity contribution in [3.05, 3.63) is 0 Å². The fourth-order valence-corrected chi connectivity index (χ4v) is 1.56. The predicted octanol–water partition coefficient (Wildman–Crippen LogP) is 1.46. The molecule has 1 heterocycles. The number of hydrogen-bond acceptors (Lipinski definition) is 2. The van der Waals surface area contributed by atoms with E-state index in [9.17, 15) is 4.79 Å². The van der Waals surface area contributed by atoms with Crippen LogP contribution in [-0.4, -0.2) is 43.3 Å². The van der Waals surface area contributed by atoms with Crippen LogP contribution in [0.25, 0.3) is 0 Å². The van der Waals surface area contributed by atoms with E-state index in [0.29, 0.717) is 12.5 Å². The zero-order valence-electron chi connectivity index (χ0n) is 10.1. The fraction of sp³-hybridized carbons (Fsp3) is 0.909. The summed E-state index contributed by atoms with van der Waals surface area (Å²) in [6, 6.07) is 0.457. The topological polar surface area (TPSA) is 41.6 Å². The van der Waals surface area contributed by atoms with Crippen LogP contribution in [0.1, 0.15) is 27.2 Å². The lowest BCUT2D eigenvalue weighted by molar-refractivity contribution is 0.167. The van der Waals surface area contributed by atoms with E-state index in [1.54, 1.807) is 4.90 Å². The van der Waals surface area contributed by atoms with Crippen molar-refractivity contribution >= 4 is 6.03 Å². The summed E-state index contributed by atoms with van der Waals surface area (Å²) >= 11 is 0. The molecule has 0 aromatic carbocycles. The number of carbonyl (C=O) groups excluding carboxylic acids is 1. The molecule has 2 atom stereocenters. The molecular weight excluding hydrogens is 192 g/mol. The highest BCUT2D eigenvalue weighted by atomic mass is 16.5. The van der Waals surface area contributed by atoms with Crippen molar-refractivity contribution in [1.29, 1.82) is 0 Å². The molecule has 15 heavy (non-hydrogen) atoms. The second-order valence-electron chi connectivity index (χ2n) is 4.61. The standard InChI is InChI=1S/C11H22N2O2/c1-8(2)9(3)13(4)11(14)12-10-5-6-15-7-10/h8-10H,5-7H2,1-4H3,(H,12,14). The van der Waals surface area contributed by atoms with E-state index in [2.05, 4.69) is 26.1 Å². The van der Waals surface area contributed by atoms with E-state index in [4.69, 9.17) is 4.74 Å². The molecule has 0 bridgehead atoms. The van der Waals surface area contributed by atoms with Gasteiger partial charge in [0.2, 0.25) is 0 Å². The summed E-state index contributed by atoms with van der Waals surface area (Å²) in [4.78, 5) is 13.6. The van der Waals surface area contributed by atoms with Crippen LogP contribution in [0.15, 0.2) is 0 Å². The Morgan fingerprint density at radius 1 is 1.47 bits per heavy atom. The molecule has 0 radical (unpaired) electrons. The maximum atomic E-state index is 11.8. The molecule has 2 unspecified atom stereocenters. The van der Waals surface area contributed by atoms with Crippen LogP contribution in [0.3, 0.4) is 0 Å². The SMILES string of the molecule is CC(C)C(C)N(C)C(=O)NC1CCOC1. The van der Waals surface area contributed by atoms with E-state index >= 15 is 0 Å². The number of ether oxygens (including phenoxy) is 1. The molecule has 4 nitrogen and oxygen atoms in total. The van der Waals surface area contributed by atoms with E-state index in [1.807, 2.05) is 7.05 Å². The lowest BCUT2D eigenvalue weighted by Gasteiger charge is -2.29. The van der Waals surface area contributed by atoms with Gasteiger partial charge in [-0.3, -0.25) is 0 Å². The van der Waals surface area contributed by atoms with Crippen molar-refractivity contribution in [3.8, 4) is 0 Å². The molecule has 0 aromatic heterocycles. The minimum Gasteiger partial charge on any atom is -0.379 e. The smallest absolute Gasteiger partial charge is 0.317 e. The molecule has 1 aliphatic heterocycles. The lowest BCUT2D eigenvalue weighted by atomic mass is 10.1. The zero-order chi connectivity index (χ0) is 11.4. The predicted molar refractivity (Wildman–Crippen MR) is 59.8 cm³/mol. The van der Waals surface area contributed by atoms with Gasteiger partial charge in [0.15, 0.2) is 0 Å². The van der Waals surface area contributed by atoms with Gasteiger partial charge >= 0.3 is 6.03 Å². The minimum absolute atomic E-state index is 0.00620. The third kappa shape index (κ3) is 3.38. The Balaban J connectivity index is 2.38. The van der Waals surface area contributed by atoms with E-state index in [1.165, 1.54) is 0 Å². The average molecular weight is 214 g/mol. The van der Waals surface area contributed by atoms with Crippen LogP contribution in [0.4, 0.5) is 4.79 Å². The number of urea groups is 1. The average Bonchev–Trinajstić information content (AvgIpc) is 2.67. The van der Waals surface area contributed by atoms with Crippen molar-refractivity contribution in [3.63, 3.8) is 0 Å². The third-order valence-corrected chi connectivity index (χ3v) is 3.15. The number of carbonyl (C=O) groups is 1. The Morgan fingerprint density at radius 2 is 2.13 bits per heavy atom. The normalized spacial score (nSPS) is 22.9. The number of nitrogens with one attached hydrogen (secondary N) is 1. The van der Waals surface area contributed by atoms with Gasteiger partial charge in [0.25, 0.3) is 0 Å². The second-order valence-corrected chi connectivity index (χ2v) is 4.61. The molecule has 0 aromatic rings. The van der Waals surface area contributed by atoms with Gasteiger partial charge in [-0.25, -0.2) is 4.79 Å². The zero-order valence-corrected chi connectivity index (χ0v) is 10.1. The first kappa shape index (κ1) is 12.3. The highest BCUT2D eigenvalue weighted by Gasteiger charge is 2.23. The van der Waals surface area contributed by atoms with Gasteiger partial charge in [-0.2, -0.15) is 0 Å². The summed E-state index contributed by atoms with van der Waals surface area (Å²) in [7, 11) is 1.84. The van der Waals surface area contributed by atoms with Gasteiger partial charge in [0, 0.05) is 19.7 Å². The molecule has 1 aliphatic rings. The van der Waals surface area contributed by atoms with Gasteiger partial charge in [-0.1, -0.05) is 13.8 Å². The van der Waals surface area contributed by atoms with Gasteiger partial charge in [-0.05, 0) is 19.3 Å². The summed E-state index contributed by atoms with van der Waals surface area (Å²) in [6.45, 7) is 7.71. The molecule has 0 aliphatic carbocycles. The number of amides is 2. The van der Waals surface area contributed by atoms with Crippen LogP contribution in [0.2, 0.25) is 0 Å². The van der Waals surface area contributed by atoms with Crippen LogP contribution >= 0.6 is 0 Å². The Bertz CT molecular complexity index is 213. The molecular formula is C11H22N2O2. The van der Waals surface area contributed by atoms with Crippen molar-refractivity contribution in [1.82, 2.24) is 10.2 Å². The third-order valence-electron chi connectivity index (χ3n) is 3.15. The first-order valence-corrected chi connectivity index (χ1v) is 5.63. The first-order chi connectivity index (χ1) is 7.02. The Hall–Kier alpha value is -0.770. The van der Waals surface area contributed by atoms with Crippen molar-refractivity contribution in [2.75, 3.05) is 20.3 Å². The summed E-state index contributed by atoms with van der Waals surface area (Å²) in [6.07, 6.45) is 0.926. The van der Waals surface area contributed by atoms with Gasteiger partial charge in [-0.15, -0.1) is 0 Å². The highest BCUT2D eigenvalue weighted by Crippen LogP contribution is 2.09. The number of rotatable bonds is 3. The monoisotopic (exact) mass is 214 g/mol. The minimum atomic E-state index is 0.00620. The van der Waals surface area contributed by atoms with Gasteiger partial charge in [0.05, 0.1) is 12.6 Å². The molecule has 1 fully saturated rings. The first-order valence-electron chi connectivity index (χ1n) is 5.63. The lowest BCUT2D eigenvalue weighted by Crippen LogP contribution is -2.48. The molecule has 88 valence electrons. The Kier molecular flexibility index (Phi) is 4.39. The largest absolute Gasteiger partial charge is 0.379 e. The van der Waals surface area contributed by atoms with E-state index in [0.717, 1.165) is 13.0 Å². The highest BCUT2D eigenvalue weighted by molar-refractivity contribution is 5.74. The van der Waals surface area contributed by atoms with E-state index < -0.39 is 0 Å². The molecule has 1 rings (SSSR count). The molecule has 0 spiro atoms. The Labute approximate surface area is 92.0 Å². The fourth-order valence-electron chi connectivity index (χ4n) is 1.56. The van der Waals surface area contributed by atoms with Crippen LogP contribution < -0.4 is 5.32 Å². The Morgan fingerprint density at radius 3 is 2.60 bits per heavy atom. The van der Waals surface area contributed by atoms with Crippen LogP contribution in [-0.2, 0) is 4.74 Å². The molecule has 1 N–H and O–H groups in total. The summed E-state index contributed by atoms with van der Waals surface area (Å²) in [5.74, 6) is 0.473. The molecule has 2 amide bonds. The summed E-state index contributed by atoms with van der Waals surface area (Å²) in [5.41, 5.74) is 0. The maximum Gasteiger partial charge on any atom is 0.317 e. The molecule has 0 saturated carbocycles. The second kappa shape index (κ2) is 5.35. The van der Waals surface area contributed by atoms with Gasteiger partial charge < -0.3 is 15.0 Å². The quantitative estimate of drug-likeness (QED) is 0.772. The van der Waals surface area contributed by atoms with Crippen molar-refractivity contribution in [2.24, 2.45) is 5.92 Å².